The molecule has 3 fully saturated rings. The third kappa shape index (κ3) is 2.40. The Labute approximate surface area is 102 Å². The Morgan fingerprint density at radius 1 is 1.41 bits per heavy atom. The summed E-state index contributed by atoms with van der Waals surface area (Å²) in [7, 11) is 0. The van der Waals surface area contributed by atoms with Crippen LogP contribution in [0.3, 0.4) is 0 Å². The highest BCUT2D eigenvalue weighted by Crippen LogP contribution is 2.35. The molecule has 1 saturated carbocycles. The fraction of sp³-hybridized carbons (Fsp3) is 0.917. The third-order valence-corrected chi connectivity index (χ3v) is 3.61. The first-order chi connectivity index (χ1) is 7.79. The third-order valence-electron chi connectivity index (χ3n) is 3.61. The lowest BCUT2D eigenvalue weighted by Crippen LogP contribution is -2.67. The Morgan fingerprint density at radius 2 is 2.06 bits per heavy atom. The number of carbonyl (C=O) groups excluding carboxylic acids is 1. The molecule has 0 unspecified atom stereocenters. The summed E-state index contributed by atoms with van der Waals surface area (Å²) in [4.78, 5) is 13.7. The fourth-order valence-electron chi connectivity index (χ4n) is 2.77. The zero-order valence-corrected chi connectivity index (χ0v) is 10.7. The molecule has 0 aromatic rings. The van der Waals surface area contributed by atoms with Gasteiger partial charge in [0.1, 0.15) is 5.60 Å². The molecule has 3 N–H and O–H groups in total. The molecule has 5 nitrogen and oxygen atoms in total. The van der Waals surface area contributed by atoms with Gasteiger partial charge in [-0.3, -0.25) is 0 Å². The lowest BCUT2D eigenvalue weighted by atomic mass is 9.75. The van der Waals surface area contributed by atoms with Crippen LogP contribution in [-0.4, -0.2) is 46.4 Å². The Morgan fingerprint density at radius 3 is 2.59 bits per heavy atom. The van der Waals surface area contributed by atoms with Gasteiger partial charge < -0.3 is 20.5 Å². The lowest BCUT2D eigenvalue weighted by Gasteiger charge is -2.51. The van der Waals surface area contributed by atoms with Crippen molar-refractivity contribution in [3.05, 3.63) is 0 Å². The van der Waals surface area contributed by atoms with Crippen LogP contribution >= 0.6 is 0 Å². The largest absolute Gasteiger partial charge is 0.444 e. The molecule has 0 spiro atoms. The number of piperidine rings is 2. The van der Waals surface area contributed by atoms with Crippen molar-refractivity contribution in [2.75, 3.05) is 6.54 Å². The number of hydrogen-bond donors (Lipinski definition) is 2. The van der Waals surface area contributed by atoms with E-state index >= 15 is 0 Å². The first kappa shape index (κ1) is 12.6. The van der Waals surface area contributed by atoms with Gasteiger partial charge in [-0.1, -0.05) is 0 Å². The van der Waals surface area contributed by atoms with E-state index in [1.165, 1.54) is 0 Å². The number of nitrogens with zero attached hydrogens (tertiary/aromatic N) is 1. The van der Waals surface area contributed by atoms with Crippen molar-refractivity contribution in [3.63, 3.8) is 0 Å². The molecule has 2 heterocycles. The first-order valence-corrected chi connectivity index (χ1v) is 6.23. The molecule has 1 amide bonds. The zero-order chi connectivity index (χ0) is 12.8. The van der Waals surface area contributed by atoms with Gasteiger partial charge >= 0.3 is 6.09 Å². The van der Waals surface area contributed by atoms with Gasteiger partial charge in [0.15, 0.2) is 0 Å². The van der Waals surface area contributed by atoms with Gasteiger partial charge in [0.05, 0.1) is 18.2 Å². The average molecular weight is 242 g/mol. The molecule has 4 atom stereocenters. The molecule has 0 aromatic heterocycles. The highest BCUT2D eigenvalue weighted by molar-refractivity contribution is 5.69. The van der Waals surface area contributed by atoms with E-state index in [4.69, 9.17) is 10.5 Å². The summed E-state index contributed by atoms with van der Waals surface area (Å²) in [5.41, 5.74) is 5.47. The normalized spacial score (nSPS) is 37.1. The molecule has 98 valence electrons. The van der Waals surface area contributed by atoms with Crippen molar-refractivity contribution in [2.45, 2.75) is 57.4 Å². The van der Waals surface area contributed by atoms with E-state index in [9.17, 15) is 9.90 Å². The van der Waals surface area contributed by atoms with Gasteiger partial charge in [-0.25, -0.2) is 4.79 Å². The Bertz CT molecular complexity index is 311. The van der Waals surface area contributed by atoms with E-state index in [1.54, 1.807) is 4.90 Å². The molecule has 3 aliphatic rings. The summed E-state index contributed by atoms with van der Waals surface area (Å²) in [5.74, 6) is 0.0996. The number of rotatable bonds is 0. The van der Waals surface area contributed by atoms with Crippen LogP contribution in [0.15, 0.2) is 0 Å². The maximum Gasteiger partial charge on any atom is 0.410 e. The van der Waals surface area contributed by atoms with Gasteiger partial charge in [-0.15, -0.1) is 0 Å². The second kappa shape index (κ2) is 4.14. The molecule has 3 rings (SSSR count). The maximum absolute atomic E-state index is 12.0. The number of carbonyl (C=O) groups is 1. The number of hydrogen-bond acceptors (Lipinski definition) is 4. The van der Waals surface area contributed by atoms with E-state index in [0.717, 1.165) is 12.8 Å². The maximum atomic E-state index is 12.0. The standard InChI is InChI=1S/C12H22N2O3/c1-12(2,3)17-11(16)14-6-7-4-5-8(14)9(13)10(7)15/h7-10,15H,4-6,13H2,1-3H3/t7-,8+,9-,10-/m1/s1. The molecule has 2 bridgehead atoms. The summed E-state index contributed by atoms with van der Waals surface area (Å²) in [5, 5.41) is 9.90. The van der Waals surface area contributed by atoms with Crippen molar-refractivity contribution >= 4 is 6.09 Å². The minimum absolute atomic E-state index is 0.0788. The van der Waals surface area contributed by atoms with Crippen molar-refractivity contribution in [1.82, 2.24) is 4.90 Å². The van der Waals surface area contributed by atoms with Crippen LogP contribution in [0.25, 0.3) is 0 Å². The molecular weight excluding hydrogens is 220 g/mol. The Balaban J connectivity index is 2.06. The number of ether oxygens (including phenoxy) is 1. The zero-order valence-electron chi connectivity index (χ0n) is 10.7. The van der Waals surface area contributed by atoms with Crippen LogP contribution in [0.4, 0.5) is 4.79 Å². The van der Waals surface area contributed by atoms with Crippen LogP contribution in [0.1, 0.15) is 33.6 Å². The molecule has 17 heavy (non-hydrogen) atoms. The number of aliphatic hydroxyl groups is 1. The summed E-state index contributed by atoms with van der Waals surface area (Å²) >= 11 is 0. The number of fused-ring (bicyclic) bond motifs is 3. The lowest BCUT2D eigenvalue weighted by molar-refractivity contribution is -0.0711. The van der Waals surface area contributed by atoms with E-state index in [0.29, 0.717) is 6.54 Å². The Kier molecular flexibility index (Phi) is 3.08. The second-order valence-electron chi connectivity index (χ2n) is 6.11. The predicted molar refractivity (Wildman–Crippen MR) is 63.4 cm³/mol. The summed E-state index contributed by atoms with van der Waals surface area (Å²) in [6.45, 7) is 6.11. The van der Waals surface area contributed by atoms with Gasteiger partial charge in [0.25, 0.3) is 0 Å². The quantitative estimate of drug-likeness (QED) is 0.656. The summed E-state index contributed by atoms with van der Waals surface area (Å²) in [6.07, 6.45) is 1.02. The molecular formula is C12H22N2O3. The van der Waals surface area contributed by atoms with Gasteiger partial charge in [-0.2, -0.15) is 0 Å². The highest BCUT2D eigenvalue weighted by Gasteiger charge is 2.47. The van der Waals surface area contributed by atoms with Crippen LogP contribution in [0.2, 0.25) is 0 Å². The second-order valence-corrected chi connectivity index (χ2v) is 6.11. The van der Waals surface area contributed by atoms with Crippen LogP contribution in [0, 0.1) is 5.92 Å². The van der Waals surface area contributed by atoms with Gasteiger partial charge in [0.2, 0.25) is 0 Å². The molecule has 2 saturated heterocycles. The van der Waals surface area contributed by atoms with E-state index in [2.05, 4.69) is 0 Å². The SMILES string of the molecule is CC(C)(C)OC(=O)N1C[C@H]2CC[C@H]1[C@@H](N)[C@@H]2O. The number of nitrogens with two attached hydrogens (primary N) is 1. The molecule has 2 aliphatic heterocycles. The smallest absolute Gasteiger partial charge is 0.410 e. The number of aliphatic hydroxyl groups excluding tert-OH is 1. The molecule has 0 aromatic carbocycles. The minimum Gasteiger partial charge on any atom is -0.444 e. The van der Waals surface area contributed by atoms with E-state index in [-0.39, 0.29) is 24.1 Å². The van der Waals surface area contributed by atoms with Crippen molar-refractivity contribution in [2.24, 2.45) is 11.7 Å². The van der Waals surface area contributed by atoms with E-state index < -0.39 is 11.7 Å². The fourth-order valence-corrected chi connectivity index (χ4v) is 2.77. The van der Waals surface area contributed by atoms with Crippen LogP contribution in [0.5, 0.6) is 0 Å². The average Bonchev–Trinajstić information content (AvgIpc) is 2.22. The van der Waals surface area contributed by atoms with Gasteiger partial charge in [0, 0.05) is 12.5 Å². The topological polar surface area (TPSA) is 75.8 Å². The number of amides is 1. The van der Waals surface area contributed by atoms with E-state index in [1.807, 2.05) is 20.8 Å². The highest BCUT2D eigenvalue weighted by atomic mass is 16.6. The predicted octanol–water partition coefficient (Wildman–Crippen LogP) is 0.704. The molecule has 5 heteroatoms. The summed E-state index contributed by atoms with van der Waals surface area (Å²) < 4.78 is 5.36. The molecule has 0 radical (unpaired) electrons. The Hall–Kier alpha value is -0.810. The molecule has 1 aliphatic carbocycles. The summed E-state index contributed by atoms with van der Waals surface area (Å²) in [6, 6.07) is -0.417. The van der Waals surface area contributed by atoms with Crippen molar-refractivity contribution < 1.29 is 14.6 Å². The monoisotopic (exact) mass is 242 g/mol. The van der Waals surface area contributed by atoms with Crippen LogP contribution in [-0.2, 0) is 4.74 Å². The van der Waals surface area contributed by atoms with Gasteiger partial charge in [-0.05, 0) is 33.6 Å². The minimum atomic E-state index is -0.490. The first-order valence-electron chi connectivity index (χ1n) is 6.23. The van der Waals surface area contributed by atoms with Crippen LogP contribution < -0.4 is 5.73 Å². The van der Waals surface area contributed by atoms with Crippen molar-refractivity contribution in [3.8, 4) is 0 Å². The van der Waals surface area contributed by atoms with Crippen molar-refractivity contribution in [1.29, 1.82) is 0 Å².